The van der Waals surface area contributed by atoms with Gasteiger partial charge in [0.2, 0.25) is 0 Å². The van der Waals surface area contributed by atoms with E-state index in [1.165, 1.54) is 6.33 Å². The first-order chi connectivity index (χ1) is 12.7. The smallest absolute Gasteiger partial charge is 0.274 e. The number of carbonyl (C=O) groups excluding carboxylic acids is 1. The van der Waals surface area contributed by atoms with Gasteiger partial charge in [-0.1, -0.05) is 12.1 Å². The van der Waals surface area contributed by atoms with E-state index in [4.69, 9.17) is 5.21 Å². The van der Waals surface area contributed by atoms with E-state index >= 15 is 0 Å². The molecule has 0 bridgehead atoms. The Morgan fingerprint density at radius 1 is 1.04 bits per heavy atom. The van der Waals surface area contributed by atoms with Gasteiger partial charge in [0, 0.05) is 53.4 Å². The van der Waals surface area contributed by atoms with Crippen molar-refractivity contribution in [3.63, 3.8) is 0 Å². The van der Waals surface area contributed by atoms with Crippen LogP contribution < -0.4 is 5.48 Å². The maximum atomic E-state index is 11.4. The van der Waals surface area contributed by atoms with Crippen LogP contribution >= 0.6 is 0 Å². The minimum absolute atomic E-state index is 0.404. The molecule has 7 heteroatoms. The monoisotopic (exact) mass is 345 g/mol. The summed E-state index contributed by atoms with van der Waals surface area (Å²) in [5.41, 5.74) is 5.83. The molecule has 26 heavy (non-hydrogen) atoms. The molecule has 4 rings (SSSR count). The molecule has 0 aliphatic heterocycles. The Morgan fingerprint density at radius 2 is 1.81 bits per heavy atom. The van der Waals surface area contributed by atoms with E-state index in [1.54, 1.807) is 30.0 Å². The number of fused-ring (bicyclic) bond motifs is 1. The van der Waals surface area contributed by atoms with E-state index in [2.05, 4.69) is 21.0 Å². The number of hydroxylamine groups is 1. The molecule has 1 amide bonds. The van der Waals surface area contributed by atoms with Gasteiger partial charge in [-0.2, -0.15) is 0 Å². The first kappa shape index (κ1) is 15.9. The van der Waals surface area contributed by atoms with E-state index in [9.17, 15) is 4.79 Å². The Bertz CT molecular complexity index is 1060. The summed E-state index contributed by atoms with van der Waals surface area (Å²) in [5.74, 6) is -0.526. The maximum Gasteiger partial charge on any atom is 0.274 e. The van der Waals surface area contributed by atoms with Crippen molar-refractivity contribution >= 4 is 16.9 Å². The van der Waals surface area contributed by atoms with Crippen molar-refractivity contribution in [3.05, 3.63) is 78.6 Å². The highest BCUT2D eigenvalue weighted by molar-refractivity contribution is 5.93. The molecule has 128 valence electrons. The molecular formula is C19H15N5O2. The zero-order valence-corrected chi connectivity index (χ0v) is 13.7. The summed E-state index contributed by atoms with van der Waals surface area (Å²) in [6, 6.07) is 11.1. The molecule has 0 spiro atoms. The standard InChI is InChI=1S/C19H15N5O2/c25-19(23-26)14-3-1-13(2-4-14)11-24-6-5-15-7-16(10-22-18(15)24)17-8-20-12-21-9-17/h1-10,12,26H,11H2,(H,23,25). The molecule has 0 saturated carbocycles. The van der Waals surface area contributed by atoms with Crippen LogP contribution in [0.25, 0.3) is 22.2 Å². The van der Waals surface area contributed by atoms with Crippen molar-refractivity contribution in [2.24, 2.45) is 0 Å². The summed E-state index contributed by atoms with van der Waals surface area (Å²) in [5, 5.41) is 9.70. The Kier molecular flexibility index (Phi) is 4.12. The van der Waals surface area contributed by atoms with Gasteiger partial charge in [0.25, 0.3) is 5.91 Å². The molecule has 2 N–H and O–H groups in total. The first-order valence-corrected chi connectivity index (χ1v) is 7.98. The average Bonchev–Trinajstić information content (AvgIpc) is 3.10. The molecule has 0 fully saturated rings. The number of benzene rings is 1. The van der Waals surface area contributed by atoms with Gasteiger partial charge >= 0.3 is 0 Å². The third kappa shape index (κ3) is 3.03. The molecule has 0 atom stereocenters. The highest BCUT2D eigenvalue weighted by Crippen LogP contribution is 2.22. The number of hydrogen-bond acceptors (Lipinski definition) is 5. The van der Waals surface area contributed by atoms with Crippen LogP contribution in [-0.2, 0) is 6.54 Å². The summed E-state index contributed by atoms with van der Waals surface area (Å²) in [7, 11) is 0. The van der Waals surface area contributed by atoms with Crippen LogP contribution in [0.3, 0.4) is 0 Å². The summed E-state index contributed by atoms with van der Waals surface area (Å²) in [6.45, 7) is 0.630. The SMILES string of the molecule is O=C(NO)c1ccc(Cn2ccc3cc(-c4cncnc4)cnc32)cc1. The number of carbonyl (C=O) groups is 1. The molecule has 3 aromatic heterocycles. The molecule has 0 unspecified atom stereocenters. The van der Waals surface area contributed by atoms with Gasteiger partial charge in [-0.3, -0.25) is 10.0 Å². The normalized spacial score (nSPS) is 10.8. The molecule has 1 aromatic carbocycles. The van der Waals surface area contributed by atoms with Crippen molar-refractivity contribution in [1.29, 1.82) is 0 Å². The van der Waals surface area contributed by atoms with Crippen molar-refractivity contribution in [2.45, 2.75) is 6.54 Å². The number of hydrogen-bond donors (Lipinski definition) is 2. The third-order valence-corrected chi connectivity index (χ3v) is 4.17. The second-order valence-corrected chi connectivity index (χ2v) is 5.85. The Labute approximate surface area is 148 Å². The van der Waals surface area contributed by atoms with Crippen LogP contribution in [-0.4, -0.2) is 30.6 Å². The lowest BCUT2D eigenvalue weighted by molar-refractivity contribution is 0.0706. The predicted molar refractivity (Wildman–Crippen MR) is 95.6 cm³/mol. The van der Waals surface area contributed by atoms with Gasteiger partial charge in [0.1, 0.15) is 12.0 Å². The average molecular weight is 345 g/mol. The summed E-state index contributed by atoms with van der Waals surface area (Å²) < 4.78 is 2.04. The van der Waals surface area contributed by atoms with Gasteiger partial charge in [-0.05, 0) is 29.8 Å². The quantitative estimate of drug-likeness (QED) is 0.438. The van der Waals surface area contributed by atoms with Gasteiger partial charge in [-0.15, -0.1) is 0 Å². The van der Waals surface area contributed by atoms with Crippen molar-refractivity contribution < 1.29 is 10.0 Å². The van der Waals surface area contributed by atoms with Crippen molar-refractivity contribution in [2.75, 3.05) is 0 Å². The fourth-order valence-electron chi connectivity index (χ4n) is 2.83. The predicted octanol–water partition coefficient (Wildman–Crippen LogP) is 2.66. The second-order valence-electron chi connectivity index (χ2n) is 5.85. The fourth-order valence-corrected chi connectivity index (χ4v) is 2.83. The van der Waals surface area contributed by atoms with E-state index < -0.39 is 5.91 Å². The third-order valence-electron chi connectivity index (χ3n) is 4.17. The minimum atomic E-state index is -0.526. The van der Waals surface area contributed by atoms with E-state index in [-0.39, 0.29) is 0 Å². The highest BCUT2D eigenvalue weighted by atomic mass is 16.5. The van der Waals surface area contributed by atoms with Crippen molar-refractivity contribution in [3.8, 4) is 11.1 Å². The molecule has 3 heterocycles. The van der Waals surface area contributed by atoms with Crippen LogP contribution in [0.1, 0.15) is 15.9 Å². The van der Waals surface area contributed by atoms with E-state index in [0.29, 0.717) is 12.1 Å². The highest BCUT2D eigenvalue weighted by Gasteiger charge is 2.07. The number of aromatic nitrogens is 4. The number of nitrogens with one attached hydrogen (secondary N) is 1. The molecule has 0 saturated heterocycles. The summed E-state index contributed by atoms with van der Waals surface area (Å²) in [6.07, 6.45) is 8.82. The number of pyridine rings is 1. The zero-order valence-electron chi connectivity index (χ0n) is 13.7. The van der Waals surface area contributed by atoms with Crippen LogP contribution in [0.5, 0.6) is 0 Å². The Morgan fingerprint density at radius 3 is 2.54 bits per heavy atom. The van der Waals surface area contributed by atoms with Crippen molar-refractivity contribution in [1.82, 2.24) is 25.0 Å². The topological polar surface area (TPSA) is 92.9 Å². The fraction of sp³-hybridized carbons (Fsp3) is 0.0526. The molecule has 0 aliphatic carbocycles. The summed E-state index contributed by atoms with van der Waals surface area (Å²) >= 11 is 0. The molecule has 0 radical (unpaired) electrons. The van der Waals surface area contributed by atoms with E-state index in [0.717, 1.165) is 27.7 Å². The van der Waals surface area contributed by atoms with Gasteiger partial charge in [-0.25, -0.2) is 20.4 Å². The van der Waals surface area contributed by atoms with Crippen LogP contribution in [0, 0.1) is 0 Å². The van der Waals surface area contributed by atoms with Crippen LogP contribution in [0.2, 0.25) is 0 Å². The van der Waals surface area contributed by atoms with Crippen LogP contribution in [0.4, 0.5) is 0 Å². The largest absolute Gasteiger partial charge is 0.328 e. The zero-order chi connectivity index (χ0) is 17.9. The number of amides is 1. The molecule has 0 aliphatic rings. The van der Waals surface area contributed by atoms with Gasteiger partial charge < -0.3 is 4.57 Å². The Balaban J connectivity index is 1.60. The van der Waals surface area contributed by atoms with E-state index in [1.807, 2.05) is 35.2 Å². The van der Waals surface area contributed by atoms with Crippen LogP contribution in [0.15, 0.2) is 67.5 Å². The van der Waals surface area contributed by atoms with Gasteiger partial charge in [0.15, 0.2) is 0 Å². The second kappa shape index (κ2) is 6.73. The summed E-state index contributed by atoms with van der Waals surface area (Å²) in [4.78, 5) is 24.0. The lowest BCUT2D eigenvalue weighted by Crippen LogP contribution is -2.18. The molecular weight excluding hydrogens is 330 g/mol. The molecule has 4 aromatic rings. The minimum Gasteiger partial charge on any atom is -0.328 e. The molecule has 7 nitrogen and oxygen atoms in total. The number of rotatable bonds is 4. The van der Waals surface area contributed by atoms with Gasteiger partial charge in [0.05, 0.1) is 0 Å². The first-order valence-electron chi connectivity index (χ1n) is 7.98. The number of nitrogens with zero attached hydrogens (tertiary/aromatic N) is 4. The lowest BCUT2D eigenvalue weighted by Gasteiger charge is -2.07. The lowest BCUT2D eigenvalue weighted by atomic mass is 10.1. The Hall–Kier alpha value is -3.58. The maximum absolute atomic E-state index is 11.4.